The van der Waals surface area contributed by atoms with E-state index in [2.05, 4.69) is 107 Å². The molecule has 1 fully saturated rings. The van der Waals surface area contributed by atoms with Crippen molar-refractivity contribution in [2.75, 3.05) is 11.9 Å². The van der Waals surface area contributed by atoms with Gasteiger partial charge >= 0.3 is 0 Å². The summed E-state index contributed by atoms with van der Waals surface area (Å²) >= 11 is 0. The molecule has 0 radical (unpaired) electrons. The second-order valence-corrected chi connectivity index (χ2v) is 24.1. The van der Waals surface area contributed by atoms with Crippen molar-refractivity contribution in [3.63, 3.8) is 0 Å². The molecule has 8 nitrogen and oxygen atoms in total. The van der Waals surface area contributed by atoms with Crippen molar-refractivity contribution in [3.05, 3.63) is 55.1 Å². The summed E-state index contributed by atoms with van der Waals surface area (Å²) in [4.78, 5) is 14.0. The molecule has 1 aliphatic heterocycles. The first kappa shape index (κ1) is 30.8. The van der Waals surface area contributed by atoms with Crippen molar-refractivity contribution in [3.8, 4) is 0 Å². The van der Waals surface area contributed by atoms with E-state index in [1.807, 2.05) is 29.1 Å². The van der Waals surface area contributed by atoms with E-state index in [-0.39, 0.29) is 28.5 Å². The minimum atomic E-state index is -2.05. The lowest BCUT2D eigenvalue weighted by Gasteiger charge is -2.40. The quantitative estimate of drug-likeness (QED) is 0.202. The fourth-order valence-electron chi connectivity index (χ4n) is 4.82. The number of anilines is 2. The van der Waals surface area contributed by atoms with Crippen LogP contribution in [0.2, 0.25) is 36.3 Å². The van der Waals surface area contributed by atoms with Crippen LogP contribution in [0.5, 0.6) is 0 Å². The van der Waals surface area contributed by atoms with E-state index in [0.29, 0.717) is 24.4 Å². The van der Waals surface area contributed by atoms with Crippen LogP contribution in [0.4, 0.5) is 11.5 Å². The summed E-state index contributed by atoms with van der Waals surface area (Å²) in [5.41, 5.74) is 2.41. The maximum atomic E-state index is 6.98. The average Bonchev–Trinajstić information content (AvgIpc) is 3.50. The van der Waals surface area contributed by atoms with E-state index < -0.39 is 16.6 Å². The van der Waals surface area contributed by atoms with Gasteiger partial charge in [0.2, 0.25) is 0 Å². The number of nitrogens with one attached hydrogen (secondary N) is 1. The van der Waals surface area contributed by atoms with Crippen molar-refractivity contribution in [2.45, 2.75) is 103 Å². The number of hydrogen-bond acceptors (Lipinski definition) is 7. The molecular weight excluding hydrogens is 559 g/mol. The third-order valence-corrected chi connectivity index (χ3v) is 18.6. The van der Waals surface area contributed by atoms with Crippen LogP contribution in [0.3, 0.4) is 0 Å². The van der Waals surface area contributed by atoms with Crippen LogP contribution in [0, 0.1) is 0 Å². The number of aromatic nitrogens is 4. The highest BCUT2D eigenvalue weighted by Crippen LogP contribution is 2.43. The van der Waals surface area contributed by atoms with E-state index in [0.717, 1.165) is 22.1 Å². The molecule has 0 spiro atoms. The molecular formula is C32H47N5O3Si2. The Labute approximate surface area is 252 Å². The molecule has 226 valence electrons. The van der Waals surface area contributed by atoms with E-state index in [9.17, 15) is 0 Å². The molecule has 0 amide bonds. The summed E-state index contributed by atoms with van der Waals surface area (Å²) in [5, 5.41) is 6.00. The number of rotatable bonds is 8. The molecule has 4 aromatic rings. The standard InChI is InChI=1S/C32H47N5O3Si2/c1-31(2,3)41(7,8)38-19-26-25(40-42(9,10)32(4,5)6)18-27(39-26)37-21-35-28-29(33-20-34-30(28)37)36-24-17-13-15-22-14-11-12-16-23(22)24/h11-17,20-21,25-27H,18-19H2,1-10H3,(H,33,34,36). The average molecular weight is 606 g/mol. The van der Waals surface area contributed by atoms with Crippen LogP contribution in [0.25, 0.3) is 21.9 Å². The normalized spacial score (nSPS) is 20.5. The van der Waals surface area contributed by atoms with Gasteiger partial charge in [0.1, 0.15) is 18.7 Å². The van der Waals surface area contributed by atoms with Crippen LogP contribution < -0.4 is 5.32 Å². The lowest BCUT2D eigenvalue weighted by molar-refractivity contribution is -0.0383. The smallest absolute Gasteiger partial charge is 0.192 e. The molecule has 2 aromatic carbocycles. The Kier molecular flexibility index (Phi) is 8.17. The first-order valence-electron chi connectivity index (χ1n) is 15.0. The predicted molar refractivity (Wildman–Crippen MR) is 176 cm³/mol. The van der Waals surface area contributed by atoms with Gasteiger partial charge in [0.15, 0.2) is 33.6 Å². The lowest BCUT2D eigenvalue weighted by atomic mass is 10.1. The molecule has 1 aliphatic rings. The highest BCUT2D eigenvalue weighted by molar-refractivity contribution is 6.74. The molecule has 1 saturated heterocycles. The monoisotopic (exact) mass is 605 g/mol. The number of imidazole rings is 1. The van der Waals surface area contributed by atoms with Crippen molar-refractivity contribution in [1.82, 2.24) is 19.5 Å². The van der Waals surface area contributed by atoms with Crippen LogP contribution in [-0.4, -0.2) is 55.0 Å². The fourth-order valence-corrected chi connectivity index (χ4v) is 7.20. The van der Waals surface area contributed by atoms with Gasteiger partial charge in [-0.2, -0.15) is 0 Å². The molecule has 3 heterocycles. The summed E-state index contributed by atoms with van der Waals surface area (Å²) in [6.45, 7) is 23.3. The number of fused-ring (bicyclic) bond motifs is 2. The summed E-state index contributed by atoms with van der Waals surface area (Å²) in [5.74, 6) is 0.667. The zero-order valence-corrected chi connectivity index (χ0v) is 28.9. The van der Waals surface area contributed by atoms with E-state index in [1.54, 1.807) is 6.33 Å². The van der Waals surface area contributed by atoms with Crippen molar-refractivity contribution in [2.24, 2.45) is 0 Å². The summed E-state index contributed by atoms with van der Waals surface area (Å²) in [7, 11) is -4.02. The molecule has 0 bridgehead atoms. The Hall–Kier alpha value is -2.64. The molecule has 0 saturated carbocycles. The second kappa shape index (κ2) is 11.1. The number of ether oxygens (including phenoxy) is 1. The molecule has 42 heavy (non-hydrogen) atoms. The number of benzene rings is 2. The van der Waals surface area contributed by atoms with E-state index in [4.69, 9.17) is 18.6 Å². The topological polar surface area (TPSA) is 83.3 Å². The number of nitrogens with zero attached hydrogens (tertiary/aromatic N) is 4. The van der Waals surface area contributed by atoms with Crippen LogP contribution >= 0.6 is 0 Å². The minimum Gasteiger partial charge on any atom is -0.414 e. The maximum absolute atomic E-state index is 6.98. The van der Waals surface area contributed by atoms with E-state index in [1.165, 1.54) is 0 Å². The van der Waals surface area contributed by atoms with Crippen molar-refractivity contribution >= 4 is 50.1 Å². The summed E-state index contributed by atoms with van der Waals surface area (Å²) < 4.78 is 22.4. The molecule has 5 rings (SSSR count). The van der Waals surface area contributed by atoms with Crippen molar-refractivity contribution in [1.29, 1.82) is 0 Å². The van der Waals surface area contributed by atoms with Gasteiger partial charge in [-0.3, -0.25) is 4.57 Å². The van der Waals surface area contributed by atoms with Gasteiger partial charge in [0.05, 0.1) is 19.0 Å². The van der Waals surface area contributed by atoms with Crippen LogP contribution in [0.15, 0.2) is 55.1 Å². The molecule has 3 atom stereocenters. The van der Waals surface area contributed by atoms with Crippen LogP contribution in [0.1, 0.15) is 54.2 Å². The van der Waals surface area contributed by atoms with Gasteiger partial charge in [-0.25, -0.2) is 15.0 Å². The molecule has 0 aliphatic carbocycles. The maximum Gasteiger partial charge on any atom is 0.192 e. The van der Waals surface area contributed by atoms with Gasteiger partial charge < -0.3 is 18.9 Å². The number of hydrogen-bond donors (Lipinski definition) is 1. The van der Waals surface area contributed by atoms with E-state index >= 15 is 0 Å². The summed E-state index contributed by atoms with van der Waals surface area (Å²) in [6, 6.07) is 14.5. The predicted octanol–water partition coefficient (Wildman–Crippen LogP) is 8.42. The zero-order chi connectivity index (χ0) is 30.5. The largest absolute Gasteiger partial charge is 0.414 e. The molecule has 1 N–H and O–H groups in total. The Balaban J connectivity index is 1.43. The Morgan fingerprint density at radius 1 is 0.905 bits per heavy atom. The minimum absolute atomic E-state index is 0.0757. The Bertz CT molecular complexity index is 1550. The SMILES string of the molecule is CC(C)(C)[Si](C)(C)OCC1OC(n2cnc3c(Nc4cccc5ccccc45)ncnc32)CC1O[Si](C)(C)C(C)(C)C. The van der Waals surface area contributed by atoms with Gasteiger partial charge in [-0.15, -0.1) is 0 Å². The van der Waals surface area contributed by atoms with Gasteiger partial charge in [0, 0.05) is 17.5 Å². The summed E-state index contributed by atoms with van der Waals surface area (Å²) in [6.07, 6.45) is 3.60. The first-order valence-corrected chi connectivity index (χ1v) is 20.8. The third kappa shape index (κ3) is 6.05. The van der Waals surface area contributed by atoms with Crippen LogP contribution in [-0.2, 0) is 13.6 Å². The lowest BCUT2D eigenvalue weighted by Crippen LogP contribution is -2.48. The Morgan fingerprint density at radius 3 is 2.31 bits per heavy atom. The van der Waals surface area contributed by atoms with Gasteiger partial charge in [0.25, 0.3) is 0 Å². The second-order valence-electron chi connectivity index (χ2n) is 14.6. The highest BCUT2D eigenvalue weighted by atomic mass is 28.4. The third-order valence-electron chi connectivity index (χ3n) is 9.56. The zero-order valence-electron chi connectivity index (χ0n) is 26.9. The van der Waals surface area contributed by atoms with Gasteiger partial charge in [-0.1, -0.05) is 77.9 Å². The fraction of sp³-hybridized carbons (Fsp3) is 0.531. The van der Waals surface area contributed by atoms with Gasteiger partial charge in [-0.05, 0) is 47.7 Å². The molecule has 10 heteroatoms. The molecule has 3 unspecified atom stereocenters. The Morgan fingerprint density at radius 2 is 1.60 bits per heavy atom. The first-order chi connectivity index (χ1) is 19.6. The van der Waals surface area contributed by atoms with Crippen molar-refractivity contribution < 1.29 is 13.6 Å². The highest BCUT2D eigenvalue weighted by Gasteiger charge is 2.47. The molecule has 2 aromatic heterocycles.